The maximum absolute atomic E-state index is 5.81. The second kappa shape index (κ2) is 3.56. The Balaban J connectivity index is 1.59. The van der Waals surface area contributed by atoms with Gasteiger partial charge in [-0.25, -0.2) is 0 Å². The van der Waals surface area contributed by atoms with Crippen molar-refractivity contribution >= 4 is 0 Å². The molecule has 2 nitrogen and oxygen atoms in total. The molecule has 90 valence electrons. The summed E-state index contributed by atoms with van der Waals surface area (Å²) in [4.78, 5) is 0. The van der Waals surface area contributed by atoms with Gasteiger partial charge in [-0.05, 0) is 54.4 Å². The summed E-state index contributed by atoms with van der Waals surface area (Å²) < 4.78 is 0. The topological polar surface area (TPSA) is 38.0 Å². The van der Waals surface area contributed by atoms with Crippen LogP contribution in [-0.4, -0.2) is 0 Å². The van der Waals surface area contributed by atoms with Gasteiger partial charge in [0.15, 0.2) is 0 Å². The van der Waals surface area contributed by atoms with Crippen LogP contribution in [0, 0.1) is 29.6 Å². The van der Waals surface area contributed by atoms with Gasteiger partial charge in [-0.1, -0.05) is 30.3 Å². The average Bonchev–Trinajstić information content (AvgIpc) is 2.81. The molecule has 0 amide bonds. The molecule has 1 aromatic rings. The van der Waals surface area contributed by atoms with Crippen molar-refractivity contribution in [3.63, 3.8) is 0 Å². The van der Waals surface area contributed by atoms with E-state index in [-0.39, 0.29) is 0 Å². The standard InChI is InChI=1S/C15H20N2/c16-17-15(9-4-2-1-3-5-9)14-12-10-6-7-11(8-10)13(12)14/h1-5,10-15,17H,6-8,16H2. The Morgan fingerprint density at radius 1 is 1.06 bits per heavy atom. The van der Waals surface area contributed by atoms with E-state index >= 15 is 0 Å². The monoisotopic (exact) mass is 228 g/mol. The molecular weight excluding hydrogens is 208 g/mol. The van der Waals surface area contributed by atoms with Crippen LogP contribution >= 0.6 is 0 Å². The van der Waals surface area contributed by atoms with Crippen molar-refractivity contribution in [2.24, 2.45) is 35.4 Å². The molecule has 0 aromatic heterocycles. The number of fused-ring (bicyclic) bond motifs is 5. The van der Waals surface area contributed by atoms with E-state index in [0.717, 1.165) is 29.6 Å². The maximum Gasteiger partial charge on any atom is 0.0493 e. The van der Waals surface area contributed by atoms with E-state index < -0.39 is 0 Å². The Morgan fingerprint density at radius 3 is 2.29 bits per heavy atom. The first-order chi connectivity index (χ1) is 8.40. The summed E-state index contributed by atoms with van der Waals surface area (Å²) in [5, 5.41) is 0. The van der Waals surface area contributed by atoms with Crippen molar-refractivity contribution in [2.75, 3.05) is 0 Å². The van der Waals surface area contributed by atoms with Crippen molar-refractivity contribution in [3.8, 4) is 0 Å². The van der Waals surface area contributed by atoms with E-state index in [9.17, 15) is 0 Å². The van der Waals surface area contributed by atoms with Crippen LogP contribution in [0.5, 0.6) is 0 Å². The fourth-order valence-electron chi connectivity index (χ4n) is 4.93. The lowest BCUT2D eigenvalue weighted by molar-refractivity contribution is 0.374. The summed E-state index contributed by atoms with van der Waals surface area (Å²) in [6.45, 7) is 0. The van der Waals surface area contributed by atoms with Gasteiger partial charge in [-0.2, -0.15) is 0 Å². The van der Waals surface area contributed by atoms with Crippen molar-refractivity contribution < 1.29 is 0 Å². The summed E-state index contributed by atoms with van der Waals surface area (Å²) in [5.41, 5.74) is 4.45. The fraction of sp³-hybridized carbons (Fsp3) is 0.600. The third kappa shape index (κ3) is 1.34. The zero-order valence-electron chi connectivity index (χ0n) is 10.0. The molecule has 3 saturated carbocycles. The lowest BCUT2D eigenvalue weighted by Crippen LogP contribution is -2.31. The maximum atomic E-state index is 5.81. The normalized spacial score (nSPS) is 43.5. The minimum Gasteiger partial charge on any atom is -0.271 e. The summed E-state index contributed by atoms with van der Waals surface area (Å²) >= 11 is 0. The van der Waals surface area contributed by atoms with E-state index in [0.29, 0.717) is 6.04 Å². The van der Waals surface area contributed by atoms with Crippen LogP contribution in [0.25, 0.3) is 0 Å². The predicted octanol–water partition coefficient (Wildman–Crippen LogP) is 2.48. The van der Waals surface area contributed by atoms with Crippen LogP contribution < -0.4 is 11.3 Å². The van der Waals surface area contributed by atoms with E-state index in [1.807, 2.05) is 0 Å². The molecule has 5 unspecified atom stereocenters. The SMILES string of the molecule is NNC(c1ccccc1)C1C2C3CCC(C3)C21. The van der Waals surface area contributed by atoms with Crippen LogP contribution in [0.15, 0.2) is 30.3 Å². The molecule has 3 N–H and O–H groups in total. The Kier molecular flexibility index (Phi) is 2.12. The first-order valence-electron chi connectivity index (χ1n) is 6.91. The van der Waals surface area contributed by atoms with Crippen molar-refractivity contribution in [1.29, 1.82) is 0 Å². The highest BCUT2D eigenvalue weighted by Gasteiger charge is 2.66. The number of hydrazine groups is 1. The van der Waals surface area contributed by atoms with Crippen LogP contribution in [-0.2, 0) is 0 Å². The smallest absolute Gasteiger partial charge is 0.0493 e. The minimum absolute atomic E-state index is 0.384. The summed E-state index contributed by atoms with van der Waals surface area (Å²) in [7, 11) is 0. The van der Waals surface area contributed by atoms with Gasteiger partial charge in [0.25, 0.3) is 0 Å². The van der Waals surface area contributed by atoms with Gasteiger partial charge in [0.2, 0.25) is 0 Å². The molecule has 5 atom stereocenters. The van der Waals surface area contributed by atoms with Crippen LogP contribution in [0.3, 0.4) is 0 Å². The number of hydrogen-bond donors (Lipinski definition) is 2. The second-order valence-electron chi connectivity index (χ2n) is 6.12. The molecule has 0 spiro atoms. The van der Waals surface area contributed by atoms with Crippen molar-refractivity contribution in [3.05, 3.63) is 35.9 Å². The van der Waals surface area contributed by atoms with Gasteiger partial charge < -0.3 is 0 Å². The number of hydrogen-bond acceptors (Lipinski definition) is 2. The highest BCUT2D eigenvalue weighted by molar-refractivity contribution is 5.25. The summed E-state index contributed by atoms with van der Waals surface area (Å²) in [5.74, 6) is 10.6. The van der Waals surface area contributed by atoms with Gasteiger partial charge in [0, 0.05) is 6.04 Å². The summed E-state index contributed by atoms with van der Waals surface area (Å²) in [6.07, 6.45) is 4.47. The molecule has 0 heterocycles. The number of benzene rings is 1. The Labute approximate surface area is 103 Å². The third-order valence-corrected chi connectivity index (χ3v) is 5.52. The minimum atomic E-state index is 0.384. The lowest BCUT2D eigenvalue weighted by Gasteiger charge is -2.20. The quantitative estimate of drug-likeness (QED) is 0.616. The second-order valence-corrected chi connectivity index (χ2v) is 6.12. The highest BCUT2D eigenvalue weighted by Crippen LogP contribution is 2.72. The molecule has 4 rings (SSSR count). The zero-order valence-corrected chi connectivity index (χ0v) is 10.0. The first kappa shape index (κ1) is 10.1. The molecule has 3 aliphatic carbocycles. The Bertz CT molecular complexity index is 400. The van der Waals surface area contributed by atoms with Crippen molar-refractivity contribution in [1.82, 2.24) is 5.43 Å². The van der Waals surface area contributed by atoms with Gasteiger partial charge in [0.1, 0.15) is 0 Å². The van der Waals surface area contributed by atoms with E-state index in [1.54, 1.807) is 0 Å². The molecule has 0 radical (unpaired) electrons. The molecule has 0 aliphatic heterocycles. The number of rotatable bonds is 3. The van der Waals surface area contributed by atoms with Gasteiger partial charge in [-0.3, -0.25) is 11.3 Å². The predicted molar refractivity (Wildman–Crippen MR) is 67.8 cm³/mol. The number of nitrogens with one attached hydrogen (secondary N) is 1. The molecule has 0 saturated heterocycles. The molecule has 3 aliphatic rings. The Morgan fingerprint density at radius 2 is 1.71 bits per heavy atom. The van der Waals surface area contributed by atoms with Crippen LogP contribution in [0.1, 0.15) is 30.9 Å². The van der Waals surface area contributed by atoms with Crippen molar-refractivity contribution in [2.45, 2.75) is 25.3 Å². The molecule has 1 aromatic carbocycles. The largest absolute Gasteiger partial charge is 0.271 e. The average molecular weight is 228 g/mol. The van der Waals surface area contributed by atoms with E-state index in [2.05, 4.69) is 35.8 Å². The highest BCUT2D eigenvalue weighted by atomic mass is 15.2. The van der Waals surface area contributed by atoms with Crippen LogP contribution in [0.2, 0.25) is 0 Å². The summed E-state index contributed by atoms with van der Waals surface area (Å²) in [6, 6.07) is 11.1. The molecule has 3 fully saturated rings. The number of nitrogens with two attached hydrogens (primary N) is 1. The van der Waals surface area contributed by atoms with Crippen LogP contribution in [0.4, 0.5) is 0 Å². The zero-order chi connectivity index (χ0) is 11.4. The van der Waals surface area contributed by atoms with E-state index in [1.165, 1.54) is 24.8 Å². The first-order valence-corrected chi connectivity index (χ1v) is 6.91. The Hall–Kier alpha value is -0.860. The van der Waals surface area contributed by atoms with Gasteiger partial charge in [-0.15, -0.1) is 0 Å². The van der Waals surface area contributed by atoms with Gasteiger partial charge >= 0.3 is 0 Å². The molecule has 2 bridgehead atoms. The lowest BCUT2D eigenvalue weighted by atomic mass is 9.93. The molecular formula is C15H20N2. The third-order valence-electron chi connectivity index (χ3n) is 5.52. The van der Waals surface area contributed by atoms with Gasteiger partial charge in [0.05, 0.1) is 0 Å². The molecule has 17 heavy (non-hydrogen) atoms. The van der Waals surface area contributed by atoms with E-state index in [4.69, 9.17) is 5.84 Å². The molecule has 2 heteroatoms. The fourth-order valence-corrected chi connectivity index (χ4v) is 4.93.